The number of nitrogens with zero attached hydrogens (tertiary/aromatic N) is 2. The smallest absolute Gasteiger partial charge is 0.337 e. The Hall–Kier alpha value is -3.65. The summed E-state index contributed by atoms with van der Waals surface area (Å²) in [7, 11) is 0. The normalized spacial score (nSPS) is 12.8. The second-order valence-corrected chi connectivity index (χ2v) is 9.37. The molecule has 8 heteroatoms. The number of fused-ring (bicyclic) bond motifs is 1. The minimum absolute atomic E-state index is 0.218. The molecule has 0 fully saturated rings. The highest BCUT2D eigenvalue weighted by Gasteiger charge is 2.32. The molecule has 4 rings (SSSR count). The number of hydrogen-bond donors (Lipinski definition) is 1. The van der Waals surface area contributed by atoms with Crippen molar-refractivity contribution in [2.75, 3.05) is 0 Å². The molecule has 182 valence electrons. The molecule has 0 saturated carbocycles. The summed E-state index contributed by atoms with van der Waals surface area (Å²) >= 11 is 0. The van der Waals surface area contributed by atoms with Gasteiger partial charge in [0, 0.05) is 34.9 Å². The minimum atomic E-state index is -1.32. The van der Waals surface area contributed by atoms with Crippen LogP contribution in [0.1, 0.15) is 43.7 Å². The Labute approximate surface area is 200 Å². The first kappa shape index (κ1) is 24.5. The van der Waals surface area contributed by atoms with Crippen LogP contribution in [0, 0.1) is 24.4 Å². The van der Waals surface area contributed by atoms with Crippen LogP contribution in [-0.4, -0.2) is 26.2 Å². The minimum Gasteiger partial charge on any atom is -0.479 e. The standard InChI is InChI=1S/C27H25F3N2O3/c1-15-22(24(26(33)34)35-27(2,3)4)23(17-6-8-18(28)9-7-17)19-11-12-32(25(19)31-15)14-16-5-10-20(29)21(30)13-16/h5-13,24H,14H2,1-4H3,(H,33,34). The molecule has 2 heterocycles. The van der Waals surface area contributed by atoms with E-state index in [9.17, 15) is 23.1 Å². The number of benzene rings is 2. The van der Waals surface area contributed by atoms with Crippen molar-refractivity contribution in [3.8, 4) is 11.1 Å². The highest BCUT2D eigenvalue weighted by atomic mass is 19.2. The first-order chi connectivity index (χ1) is 16.4. The molecule has 0 amide bonds. The Bertz CT molecular complexity index is 1410. The lowest BCUT2D eigenvalue weighted by atomic mass is 9.92. The van der Waals surface area contributed by atoms with Gasteiger partial charge in [-0.15, -0.1) is 0 Å². The van der Waals surface area contributed by atoms with Crippen molar-refractivity contribution in [3.63, 3.8) is 0 Å². The van der Waals surface area contributed by atoms with Crippen LogP contribution in [0.2, 0.25) is 0 Å². The Morgan fingerprint density at radius 2 is 1.74 bits per heavy atom. The van der Waals surface area contributed by atoms with Gasteiger partial charge in [-0.2, -0.15) is 0 Å². The lowest BCUT2D eigenvalue weighted by molar-refractivity contribution is -0.160. The van der Waals surface area contributed by atoms with Crippen LogP contribution in [0.5, 0.6) is 0 Å². The van der Waals surface area contributed by atoms with Crippen LogP contribution in [0.15, 0.2) is 54.7 Å². The molecule has 2 aromatic heterocycles. The topological polar surface area (TPSA) is 64.4 Å². The van der Waals surface area contributed by atoms with E-state index < -0.39 is 35.1 Å². The summed E-state index contributed by atoms with van der Waals surface area (Å²) in [4.78, 5) is 17.0. The fourth-order valence-corrected chi connectivity index (χ4v) is 4.13. The fourth-order valence-electron chi connectivity index (χ4n) is 4.13. The molecular weight excluding hydrogens is 457 g/mol. The van der Waals surface area contributed by atoms with Gasteiger partial charge in [-0.1, -0.05) is 18.2 Å². The van der Waals surface area contributed by atoms with Gasteiger partial charge in [-0.25, -0.2) is 22.9 Å². The van der Waals surface area contributed by atoms with Gasteiger partial charge in [-0.3, -0.25) is 0 Å². The van der Waals surface area contributed by atoms with E-state index in [0.29, 0.717) is 39.0 Å². The maximum Gasteiger partial charge on any atom is 0.337 e. The van der Waals surface area contributed by atoms with Crippen LogP contribution in [-0.2, 0) is 16.1 Å². The molecule has 1 unspecified atom stereocenters. The van der Waals surface area contributed by atoms with E-state index in [1.807, 2.05) is 0 Å². The summed E-state index contributed by atoms with van der Waals surface area (Å²) < 4.78 is 48.6. The van der Waals surface area contributed by atoms with Crippen molar-refractivity contribution in [1.29, 1.82) is 0 Å². The average Bonchev–Trinajstić information content (AvgIpc) is 3.16. The summed E-state index contributed by atoms with van der Waals surface area (Å²) in [5.41, 5.74) is 2.27. The van der Waals surface area contributed by atoms with E-state index in [-0.39, 0.29) is 6.54 Å². The van der Waals surface area contributed by atoms with E-state index in [1.54, 1.807) is 56.7 Å². The van der Waals surface area contributed by atoms with Gasteiger partial charge in [0.1, 0.15) is 11.5 Å². The maximum atomic E-state index is 13.8. The van der Waals surface area contributed by atoms with Gasteiger partial charge in [-0.05, 0) is 69.2 Å². The Morgan fingerprint density at radius 1 is 1.06 bits per heavy atom. The molecule has 1 N–H and O–H groups in total. The molecule has 0 radical (unpaired) electrons. The van der Waals surface area contributed by atoms with Crippen LogP contribution >= 0.6 is 0 Å². The van der Waals surface area contributed by atoms with Crippen molar-refractivity contribution in [2.24, 2.45) is 0 Å². The molecule has 1 atom stereocenters. The van der Waals surface area contributed by atoms with Gasteiger partial charge in [0.2, 0.25) is 0 Å². The number of carboxylic acids is 1. The van der Waals surface area contributed by atoms with E-state index in [0.717, 1.165) is 12.1 Å². The van der Waals surface area contributed by atoms with Gasteiger partial charge < -0.3 is 14.4 Å². The van der Waals surface area contributed by atoms with Crippen LogP contribution in [0.25, 0.3) is 22.2 Å². The predicted molar refractivity (Wildman–Crippen MR) is 127 cm³/mol. The zero-order valence-electron chi connectivity index (χ0n) is 19.8. The number of pyridine rings is 1. The zero-order chi connectivity index (χ0) is 25.5. The zero-order valence-corrected chi connectivity index (χ0v) is 19.8. The van der Waals surface area contributed by atoms with Crippen molar-refractivity contribution in [3.05, 3.63) is 89.0 Å². The van der Waals surface area contributed by atoms with E-state index in [4.69, 9.17) is 4.74 Å². The highest BCUT2D eigenvalue weighted by Crippen LogP contribution is 2.39. The number of rotatable bonds is 6. The molecule has 0 bridgehead atoms. The molecule has 0 saturated heterocycles. The summed E-state index contributed by atoms with van der Waals surface area (Å²) in [5, 5.41) is 10.7. The molecule has 2 aromatic carbocycles. The third kappa shape index (κ3) is 5.07. The summed E-state index contributed by atoms with van der Waals surface area (Å²) in [6.07, 6.45) is 0.428. The molecular formula is C27H25F3N2O3. The maximum absolute atomic E-state index is 13.8. The first-order valence-electron chi connectivity index (χ1n) is 11.0. The molecule has 0 aliphatic rings. The average molecular weight is 483 g/mol. The van der Waals surface area contributed by atoms with Crippen LogP contribution in [0.3, 0.4) is 0 Å². The van der Waals surface area contributed by atoms with Gasteiger partial charge in [0.15, 0.2) is 17.7 Å². The quantitative estimate of drug-likeness (QED) is 0.345. The number of aromatic nitrogens is 2. The molecule has 5 nitrogen and oxygen atoms in total. The highest BCUT2D eigenvalue weighted by molar-refractivity contribution is 5.97. The van der Waals surface area contributed by atoms with Gasteiger partial charge in [0.25, 0.3) is 0 Å². The summed E-state index contributed by atoms with van der Waals surface area (Å²) in [6.45, 7) is 7.20. The number of ether oxygens (including phenoxy) is 1. The third-order valence-corrected chi connectivity index (χ3v) is 5.56. The Morgan fingerprint density at radius 3 is 2.34 bits per heavy atom. The number of aryl methyl sites for hydroxylation is 1. The van der Waals surface area contributed by atoms with E-state index in [1.165, 1.54) is 18.2 Å². The third-order valence-electron chi connectivity index (χ3n) is 5.56. The largest absolute Gasteiger partial charge is 0.479 e. The van der Waals surface area contributed by atoms with Crippen molar-refractivity contribution < 1.29 is 27.8 Å². The molecule has 35 heavy (non-hydrogen) atoms. The van der Waals surface area contributed by atoms with Crippen molar-refractivity contribution in [1.82, 2.24) is 9.55 Å². The van der Waals surface area contributed by atoms with Crippen LogP contribution < -0.4 is 0 Å². The molecule has 4 aromatic rings. The summed E-state index contributed by atoms with van der Waals surface area (Å²) in [6, 6.07) is 11.2. The number of carboxylic acid groups (broad SMARTS) is 1. The number of aliphatic carboxylic acids is 1. The number of halogens is 3. The number of hydrogen-bond acceptors (Lipinski definition) is 3. The Kier molecular flexibility index (Phi) is 6.42. The monoisotopic (exact) mass is 482 g/mol. The molecule has 0 aliphatic carbocycles. The van der Waals surface area contributed by atoms with E-state index >= 15 is 0 Å². The van der Waals surface area contributed by atoms with Crippen LogP contribution in [0.4, 0.5) is 13.2 Å². The van der Waals surface area contributed by atoms with Crippen molar-refractivity contribution in [2.45, 2.75) is 45.9 Å². The second-order valence-electron chi connectivity index (χ2n) is 9.37. The Balaban J connectivity index is 1.95. The fraction of sp³-hybridized carbons (Fsp3) is 0.259. The van der Waals surface area contributed by atoms with E-state index in [2.05, 4.69) is 4.98 Å². The first-order valence-corrected chi connectivity index (χ1v) is 11.0. The van der Waals surface area contributed by atoms with Gasteiger partial charge in [0.05, 0.1) is 5.60 Å². The second kappa shape index (κ2) is 9.19. The van der Waals surface area contributed by atoms with Crippen molar-refractivity contribution >= 4 is 17.0 Å². The predicted octanol–water partition coefficient (Wildman–Crippen LogP) is 6.42. The SMILES string of the molecule is Cc1nc2c(ccn2Cc2ccc(F)c(F)c2)c(-c2ccc(F)cc2)c1C(OC(C)(C)C)C(=O)O. The number of carbonyl (C=O) groups is 1. The van der Waals surface area contributed by atoms with Gasteiger partial charge >= 0.3 is 5.97 Å². The lowest BCUT2D eigenvalue weighted by Crippen LogP contribution is -2.28. The molecule has 0 aliphatic heterocycles. The summed E-state index contributed by atoms with van der Waals surface area (Å²) in [5.74, 6) is -3.47. The molecule has 0 spiro atoms. The lowest BCUT2D eigenvalue weighted by Gasteiger charge is -2.28.